The normalized spacial score (nSPS) is 15.5. The van der Waals surface area contributed by atoms with Crippen molar-refractivity contribution in [2.75, 3.05) is 5.32 Å². The number of non-ortho nitro benzene ring substituents is 1. The highest BCUT2D eigenvalue weighted by molar-refractivity contribution is 5.51. The van der Waals surface area contributed by atoms with Crippen LogP contribution < -0.4 is 5.32 Å². The Hall–Kier alpha value is -3.29. The van der Waals surface area contributed by atoms with Crippen molar-refractivity contribution < 1.29 is 4.92 Å². The first-order valence-corrected chi connectivity index (χ1v) is 9.38. The summed E-state index contributed by atoms with van der Waals surface area (Å²) in [4.78, 5) is 10.7. The second kappa shape index (κ2) is 7.03. The van der Waals surface area contributed by atoms with Crippen molar-refractivity contribution in [3.8, 4) is 5.69 Å². The summed E-state index contributed by atoms with van der Waals surface area (Å²) < 4.78 is 1.71. The Balaban J connectivity index is 1.75. The number of hydrogen-bond donors (Lipinski definition) is 1. The van der Waals surface area contributed by atoms with Crippen molar-refractivity contribution in [3.63, 3.8) is 0 Å². The van der Waals surface area contributed by atoms with Crippen LogP contribution in [0, 0.1) is 24.0 Å². The molecule has 1 N–H and O–H groups in total. The first-order chi connectivity index (χ1) is 13.5. The third-order valence-electron chi connectivity index (χ3n) is 5.41. The number of anilines is 1. The number of nitro benzene ring substituents is 1. The van der Waals surface area contributed by atoms with Gasteiger partial charge in [-0.15, -0.1) is 5.10 Å². The molecule has 0 bridgehead atoms. The van der Waals surface area contributed by atoms with Crippen LogP contribution in [0.5, 0.6) is 0 Å². The molecule has 1 saturated carbocycles. The molecule has 8 heteroatoms. The summed E-state index contributed by atoms with van der Waals surface area (Å²) in [5.41, 5.74) is 3.44. The molecule has 4 rings (SSSR count). The van der Waals surface area contributed by atoms with E-state index in [4.69, 9.17) is 0 Å². The molecular formula is C20H22N6O2. The van der Waals surface area contributed by atoms with Gasteiger partial charge in [0.25, 0.3) is 5.69 Å². The summed E-state index contributed by atoms with van der Waals surface area (Å²) in [5, 5.41) is 27.2. The standard InChI is InChI=1S/C20H22N6O2/c1-14-5-7-16(8-6-14)21-20(11-3-4-12-20)19-22-23-24-25(19)18-10-9-17(26(27)28)13-15(18)2/h5-10,13,21H,3-4,11-12H2,1-2H3. The number of rotatable bonds is 5. The summed E-state index contributed by atoms with van der Waals surface area (Å²) in [5.74, 6) is 0.738. The van der Waals surface area contributed by atoms with Crippen LogP contribution in [-0.4, -0.2) is 25.1 Å². The van der Waals surface area contributed by atoms with Crippen molar-refractivity contribution in [1.82, 2.24) is 20.2 Å². The maximum atomic E-state index is 11.1. The lowest BCUT2D eigenvalue weighted by atomic mass is 9.95. The molecule has 0 unspecified atom stereocenters. The number of hydrogen-bond acceptors (Lipinski definition) is 6. The van der Waals surface area contributed by atoms with Crippen LogP contribution in [0.1, 0.15) is 42.6 Å². The van der Waals surface area contributed by atoms with E-state index in [1.165, 1.54) is 11.6 Å². The van der Waals surface area contributed by atoms with Crippen LogP contribution in [0.15, 0.2) is 42.5 Å². The van der Waals surface area contributed by atoms with E-state index in [1.54, 1.807) is 16.8 Å². The topological polar surface area (TPSA) is 98.8 Å². The highest BCUT2D eigenvalue weighted by Gasteiger charge is 2.41. The van der Waals surface area contributed by atoms with E-state index >= 15 is 0 Å². The summed E-state index contributed by atoms with van der Waals surface area (Å²) >= 11 is 0. The maximum Gasteiger partial charge on any atom is 0.269 e. The second-order valence-electron chi connectivity index (χ2n) is 7.42. The Labute approximate surface area is 162 Å². The van der Waals surface area contributed by atoms with Gasteiger partial charge in [0.05, 0.1) is 16.1 Å². The van der Waals surface area contributed by atoms with Crippen LogP contribution in [0.25, 0.3) is 5.69 Å². The van der Waals surface area contributed by atoms with Gasteiger partial charge in [-0.05, 0) is 60.9 Å². The van der Waals surface area contributed by atoms with Crippen molar-refractivity contribution >= 4 is 11.4 Å². The molecule has 0 aliphatic heterocycles. The van der Waals surface area contributed by atoms with E-state index in [-0.39, 0.29) is 11.2 Å². The molecule has 1 aromatic heterocycles. The van der Waals surface area contributed by atoms with Gasteiger partial charge in [-0.2, -0.15) is 4.68 Å². The van der Waals surface area contributed by atoms with Crippen molar-refractivity contribution in [1.29, 1.82) is 0 Å². The molecule has 1 aliphatic carbocycles. The smallest absolute Gasteiger partial charge is 0.269 e. The average Bonchev–Trinajstić information content (AvgIpc) is 3.34. The van der Waals surface area contributed by atoms with E-state index in [1.807, 2.05) is 6.92 Å². The van der Waals surface area contributed by atoms with E-state index in [2.05, 4.69) is 52.0 Å². The van der Waals surface area contributed by atoms with Crippen molar-refractivity contribution in [2.45, 2.75) is 45.1 Å². The van der Waals surface area contributed by atoms with Gasteiger partial charge in [-0.3, -0.25) is 10.1 Å². The number of nitrogens with zero attached hydrogens (tertiary/aromatic N) is 5. The Kier molecular flexibility index (Phi) is 4.54. The van der Waals surface area contributed by atoms with Gasteiger partial charge in [0.2, 0.25) is 0 Å². The molecule has 0 radical (unpaired) electrons. The molecule has 0 saturated heterocycles. The van der Waals surface area contributed by atoms with Gasteiger partial charge in [0.15, 0.2) is 5.82 Å². The van der Waals surface area contributed by atoms with Crippen LogP contribution in [0.3, 0.4) is 0 Å². The Bertz CT molecular complexity index is 1010. The molecule has 0 amide bonds. The van der Waals surface area contributed by atoms with Crippen LogP contribution in [0.2, 0.25) is 0 Å². The molecule has 3 aromatic rings. The third kappa shape index (κ3) is 3.21. The van der Waals surface area contributed by atoms with Gasteiger partial charge in [0, 0.05) is 17.8 Å². The molecule has 28 heavy (non-hydrogen) atoms. The molecule has 0 spiro atoms. The highest BCUT2D eigenvalue weighted by Crippen LogP contribution is 2.41. The van der Waals surface area contributed by atoms with E-state index in [0.717, 1.165) is 48.4 Å². The molecule has 1 fully saturated rings. The van der Waals surface area contributed by atoms with E-state index < -0.39 is 4.92 Å². The van der Waals surface area contributed by atoms with Crippen LogP contribution >= 0.6 is 0 Å². The Morgan fingerprint density at radius 1 is 1.11 bits per heavy atom. The predicted octanol–water partition coefficient (Wildman–Crippen LogP) is 4.07. The van der Waals surface area contributed by atoms with Crippen LogP contribution in [-0.2, 0) is 5.54 Å². The molecule has 1 heterocycles. The highest BCUT2D eigenvalue weighted by atomic mass is 16.6. The van der Waals surface area contributed by atoms with Gasteiger partial charge in [-0.1, -0.05) is 30.5 Å². The van der Waals surface area contributed by atoms with Gasteiger partial charge < -0.3 is 5.32 Å². The summed E-state index contributed by atoms with van der Waals surface area (Å²) in [7, 11) is 0. The maximum absolute atomic E-state index is 11.1. The number of nitro groups is 1. The molecule has 2 aromatic carbocycles. The van der Waals surface area contributed by atoms with Crippen LogP contribution in [0.4, 0.5) is 11.4 Å². The lowest BCUT2D eigenvalue weighted by molar-refractivity contribution is -0.384. The fourth-order valence-corrected chi connectivity index (χ4v) is 3.93. The Morgan fingerprint density at radius 2 is 1.82 bits per heavy atom. The summed E-state index contributed by atoms with van der Waals surface area (Å²) in [6.45, 7) is 3.90. The number of nitrogens with one attached hydrogen (secondary N) is 1. The summed E-state index contributed by atoms with van der Waals surface area (Å²) in [6.07, 6.45) is 4.02. The fourth-order valence-electron chi connectivity index (χ4n) is 3.93. The number of tetrazole rings is 1. The average molecular weight is 378 g/mol. The molecule has 1 aliphatic rings. The van der Waals surface area contributed by atoms with Gasteiger partial charge >= 0.3 is 0 Å². The minimum absolute atomic E-state index is 0.0595. The number of aromatic nitrogens is 4. The molecule has 144 valence electrons. The van der Waals surface area contributed by atoms with Gasteiger partial charge in [-0.25, -0.2) is 0 Å². The quantitative estimate of drug-likeness (QED) is 0.531. The van der Waals surface area contributed by atoms with E-state index in [9.17, 15) is 10.1 Å². The molecule has 0 atom stereocenters. The fraction of sp³-hybridized carbons (Fsp3) is 0.350. The second-order valence-corrected chi connectivity index (χ2v) is 7.42. The lowest BCUT2D eigenvalue weighted by Gasteiger charge is -2.30. The predicted molar refractivity (Wildman–Crippen MR) is 105 cm³/mol. The zero-order valence-corrected chi connectivity index (χ0v) is 15.9. The minimum atomic E-state index is -0.394. The number of aryl methyl sites for hydroxylation is 2. The summed E-state index contributed by atoms with van der Waals surface area (Å²) in [6, 6.07) is 13.0. The zero-order valence-electron chi connectivity index (χ0n) is 15.9. The first-order valence-electron chi connectivity index (χ1n) is 9.38. The minimum Gasteiger partial charge on any atom is -0.373 e. The largest absolute Gasteiger partial charge is 0.373 e. The molecule has 8 nitrogen and oxygen atoms in total. The van der Waals surface area contributed by atoms with Crippen molar-refractivity contribution in [2.24, 2.45) is 0 Å². The third-order valence-corrected chi connectivity index (χ3v) is 5.41. The van der Waals surface area contributed by atoms with Crippen molar-refractivity contribution in [3.05, 3.63) is 69.5 Å². The number of benzene rings is 2. The first kappa shape index (κ1) is 18.1. The molecular weight excluding hydrogens is 356 g/mol. The monoisotopic (exact) mass is 378 g/mol. The zero-order chi connectivity index (χ0) is 19.7. The lowest BCUT2D eigenvalue weighted by Crippen LogP contribution is -2.35. The Morgan fingerprint density at radius 3 is 2.46 bits per heavy atom. The SMILES string of the molecule is Cc1ccc(NC2(c3nnnn3-c3ccc([N+](=O)[O-])cc3C)CCCC2)cc1. The van der Waals surface area contributed by atoms with Gasteiger partial charge in [0.1, 0.15) is 0 Å². The van der Waals surface area contributed by atoms with E-state index in [0.29, 0.717) is 0 Å².